The van der Waals surface area contributed by atoms with Crippen molar-refractivity contribution in [2.24, 2.45) is 0 Å². The molecular weight excluding hydrogens is 288 g/mol. The fraction of sp³-hybridized carbons (Fsp3) is 0.0714. The molecule has 0 aliphatic rings. The topological polar surface area (TPSA) is 52.3 Å². The van der Waals surface area contributed by atoms with Gasteiger partial charge in [-0.25, -0.2) is 13.6 Å². The molecule has 20 heavy (non-hydrogen) atoms. The molecule has 6 heteroatoms. The van der Waals surface area contributed by atoms with Gasteiger partial charge in [0.25, 0.3) is 0 Å². The van der Waals surface area contributed by atoms with Crippen molar-refractivity contribution in [1.82, 2.24) is 0 Å². The summed E-state index contributed by atoms with van der Waals surface area (Å²) in [6.45, 7) is -0.337. The molecule has 104 valence electrons. The minimum absolute atomic E-state index is 0.0100. The van der Waals surface area contributed by atoms with E-state index in [2.05, 4.69) is 0 Å². The molecule has 2 aromatic carbocycles. The predicted molar refractivity (Wildman–Crippen MR) is 71.3 cm³/mol. The minimum Gasteiger partial charge on any atom is -0.457 e. The van der Waals surface area contributed by atoms with Gasteiger partial charge in [-0.15, -0.1) is 0 Å². The van der Waals surface area contributed by atoms with E-state index in [-0.39, 0.29) is 28.4 Å². The van der Waals surface area contributed by atoms with E-state index in [0.29, 0.717) is 0 Å². The van der Waals surface area contributed by atoms with Crippen LogP contribution in [0, 0.1) is 11.6 Å². The molecule has 0 atom stereocenters. The molecule has 0 bridgehead atoms. The number of carbonyl (C=O) groups is 1. The van der Waals surface area contributed by atoms with Crippen LogP contribution in [0.25, 0.3) is 0 Å². The maximum Gasteiger partial charge on any atom is 0.338 e. The first kappa shape index (κ1) is 14.3. The average molecular weight is 298 g/mol. The number of hydrogen-bond acceptors (Lipinski definition) is 3. The number of anilines is 1. The SMILES string of the molecule is Nc1ccc(C(=O)OCc2c(F)cccc2Cl)cc1F. The molecule has 3 nitrogen and oxygen atoms in total. The van der Waals surface area contributed by atoms with Crippen molar-refractivity contribution in [2.75, 3.05) is 5.73 Å². The van der Waals surface area contributed by atoms with Gasteiger partial charge in [0, 0.05) is 5.56 Å². The molecule has 0 aliphatic carbocycles. The molecule has 0 heterocycles. The van der Waals surface area contributed by atoms with Crippen LogP contribution in [0.4, 0.5) is 14.5 Å². The first-order valence-corrected chi connectivity index (χ1v) is 6.02. The Hall–Kier alpha value is -2.14. The number of halogens is 3. The molecule has 0 radical (unpaired) electrons. The van der Waals surface area contributed by atoms with E-state index in [4.69, 9.17) is 22.1 Å². The number of esters is 1. The van der Waals surface area contributed by atoms with Gasteiger partial charge in [0.2, 0.25) is 0 Å². The van der Waals surface area contributed by atoms with Crippen LogP contribution in [-0.2, 0) is 11.3 Å². The normalized spacial score (nSPS) is 10.3. The van der Waals surface area contributed by atoms with Crippen LogP contribution in [-0.4, -0.2) is 5.97 Å². The zero-order chi connectivity index (χ0) is 14.7. The second-order valence-electron chi connectivity index (χ2n) is 4.01. The summed E-state index contributed by atoms with van der Waals surface area (Å²) in [5.41, 5.74) is 5.29. The first-order valence-electron chi connectivity index (χ1n) is 5.64. The smallest absolute Gasteiger partial charge is 0.338 e. The lowest BCUT2D eigenvalue weighted by molar-refractivity contribution is 0.0468. The third kappa shape index (κ3) is 3.05. The summed E-state index contributed by atoms with van der Waals surface area (Å²) in [7, 11) is 0. The van der Waals surface area contributed by atoms with Crippen LogP contribution in [0.5, 0.6) is 0 Å². The van der Waals surface area contributed by atoms with Crippen molar-refractivity contribution >= 4 is 23.3 Å². The van der Waals surface area contributed by atoms with Gasteiger partial charge >= 0.3 is 5.97 Å². The number of nitrogens with two attached hydrogens (primary N) is 1. The number of hydrogen-bond donors (Lipinski definition) is 1. The summed E-state index contributed by atoms with van der Waals surface area (Å²) in [4.78, 5) is 11.7. The zero-order valence-corrected chi connectivity index (χ0v) is 11.0. The van der Waals surface area contributed by atoms with Gasteiger partial charge in [-0.05, 0) is 30.3 Å². The lowest BCUT2D eigenvalue weighted by atomic mass is 10.2. The van der Waals surface area contributed by atoms with Crippen molar-refractivity contribution in [3.8, 4) is 0 Å². The van der Waals surface area contributed by atoms with Gasteiger partial charge in [0.05, 0.1) is 16.3 Å². The number of nitrogen functional groups attached to an aromatic ring is 1. The second-order valence-corrected chi connectivity index (χ2v) is 4.42. The molecule has 0 saturated heterocycles. The summed E-state index contributed by atoms with van der Waals surface area (Å²) in [5.74, 6) is -2.08. The van der Waals surface area contributed by atoms with E-state index in [1.807, 2.05) is 0 Å². The second kappa shape index (κ2) is 5.88. The summed E-state index contributed by atoms with van der Waals surface area (Å²) >= 11 is 5.80. The van der Waals surface area contributed by atoms with Gasteiger partial charge in [0.15, 0.2) is 0 Å². The van der Waals surface area contributed by atoms with Crippen molar-refractivity contribution in [2.45, 2.75) is 6.61 Å². The standard InChI is InChI=1S/C14H10ClF2NO2/c15-10-2-1-3-11(16)9(10)7-20-14(19)8-4-5-13(18)12(17)6-8/h1-6H,7,18H2. The Bertz CT molecular complexity index is 641. The molecule has 2 rings (SSSR count). The van der Waals surface area contributed by atoms with Gasteiger partial charge in [0.1, 0.15) is 18.2 Å². The Labute approximate surface area is 118 Å². The Kier molecular flexibility index (Phi) is 4.20. The largest absolute Gasteiger partial charge is 0.457 e. The minimum atomic E-state index is -0.789. The fourth-order valence-corrected chi connectivity index (χ4v) is 1.76. The average Bonchev–Trinajstić information content (AvgIpc) is 2.41. The van der Waals surface area contributed by atoms with Crippen LogP contribution < -0.4 is 5.73 Å². The van der Waals surface area contributed by atoms with Crippen molar-refractivity contribution < 1.29 is 18.3 Å². The Morgan fingerprint density at radius 3 is 2.60 bits per heavy atom. The lowest BCUT2D eigenvalue weighted by Gasteiger charge is -2.08. The van der Waals surface area contributed by atoms with E-state index in [1.165, 1.54) is 30.3 Å². The summed E-state index contributed by atoms with van der Waals surface area (Å²) in [6.07, 6.45) is 0. The summed E-state index contributed by atoms with van der Waals surface area (Å²) in [5, 5.41) is 0.154. The predicted octanol–water partition coefficient (Wildman–Crippen LogP) is 3.56. The van der Waals surface area contributed by atoms with E-state index in [9.17, 15) is 13.6 Å². The number of benzene rings is 2. The molecule has 0 unspecified atom stereocenters. The first-order chi connectivity index (χ1) is 9.49. The van der Waals surface area contributed by atoms with Crippen LogP contribution in [0.1, 0.15) is 15.9 Å². The molecule has 2 aromatic rings. The van der Waals surface area contributed by atoms with Gasteiger partial charge in [-0.2, -0.15) is 0 Å². The summed E-state index contributed by atoms with van der Waals surface area (Å²) < 4.78 is 31.6. The Morgan fingerprint density at radius 2 is 1.95 bits per heavy atom. The van der Waals surface area contributed by atoms with Crippen molar-refractivity contribution in [1.29, 1.82) is 0 Å². The molecule has 0 saturated carbocycles. The highest BCUT2D eigenvalue weighted by atomic mass is 35.5. The van der Waals surface area contributed by atoms with Crippen LogP contribution in [0.15, 0.2) is 36.4 Å². The Morgan fingerprint density at radius 1 is 1.20 bits per heavy atom. The third-order valence-corrected chi connectivity index (χ3v) is 3.00. The summed E-state index contributed by atoms with van der Waals surface area (Å²) in [6, 6.07) is 7.67. The molecule has 0 amide bonds. The fourth-order valence-electron chi connectivity index (χ4n) is 1.55. The van der Waals surface area contributed by atoms with E-state index in [0.717, 1.165) is 6.07 Å². The van der Waals surface area contributed by atoms with Crippen molar-refractivity contribution in [3.05, 3.63) is 64.2 Å². The zero-order valence-electron chi connectivity index (χ0n) is 10.2. The van der Waals surface area contributed by atoms with Crippen LogP contribution in [0.3, 0.4) is 0 Å². The van der Waals surface area contributed by atoms with E-state index >= 15 is 0 Å². The highest BCUT2D eigenvalue weighted by Crippen LogP contribution is 2.20. The molecular formula is C14H10ClF2NO2. The maximum absolute atomic E-state index is 13.5. The van der Waals surface area contributed by atoms with Gasteiger partial charge in [-0.1, -0.05) is 17.7 Å². The highest BCUT2D eigenvalue weighted by Gasteiger charge is 2.13. The van der Waals surface area contributed by atoms with E-state index < -0.39 is 17.6 Å². The highest BCUT2D eigenvalue weighted by molar-refractivity contribution is 6.31. The molecule has 0 fully saturated rings. The molecule has 0 spiro atoms. The van der Waals surface area contributed by atoms with E-state index in [1.54, 1.807) is 0 Å². The number of carbonyl (C=O) groups excluding carboxylic acids is 1. The maximum atomic E-state index is 13.5. The van der Waals surface area contributed by atoms with Gasteiger partial charge < -0.3 is 10.5 Å². The third-order valence-electron chi connectivity index (χ3n) is 2.65. The van der Waals surface area contributed by atoms with Crippen LogP contribution >= 0.6 is 11.6 Å². The molecule has 2 N–H and O–H groups in total. The van der Waals surface area contributed by atoms with Gasteiger partial charge in [-0.3, -0.25) is 0 Å². The van der Waals surface area contributed by atoms with Crippen molar-refractivity contribution in [3.63, 3.8) is 0 Å². The quantitative estimate of drug-likeness (QED) is 0.696. The molecule has 0 aliphatic heterocycles. The Balaban J connectivity index is 2.11. The molecule has 0 aromatic heterocycles. The number of ether oxygens (including phenoxy) is 1. The monoisotopic (exact) mass is 297 g/mol. The number of rotatable bonds is 3. The van der Waals surface area contributed by atoms with Crippen LogP contribution in [0.2, 0.25) is 5.02 Å². The lowest BCUT2D eigenvalue weighted by Crippen LogP contribution is -2.07.